The number of benzene rings is 2. The molecule has 0 saturated carbocycles. The molecule has 0 aliphatic heterocycles. The van der Waals surface area contributed by atoms with Gasteiger partial charge in [0, 0.05) is 0 Å². The van der Waals surface area contributed by atoms with Gasteiger partial charge >= 0.3 is 0 Å². The fourth-order valence-electron chi connectivity index (χ4n) is 3.95. The largest absolute Gasteiger partial charge is 0.467 e. The van der Waals surface area contributed by atoms with Crippen LogP contribution in [0.25, 0.3) is 10.2 Å². The monoisotopic (exact) mass is 418 g/mol. The van der Waals surface area contributed by atoms with Crippen molar-refractivity contribution in [3.8, 4) is 0 Å². The van der Waals surface area contributed by atoms with Crippen LogP contribution in [0.5, 0.6) is 0 Å². The summed E-state index contributed by atoms with van der Waals surface area (Å²) in [4.78, 5) is 20.1. The SMILES string of the molecule is CCc1cccc2sc(N(Cc3ccco3)C(=O)Cc3c(C)cc(C)cc3C)nc12. The number of hydrogen-bond donors (Lipinski definition) is 0. The molecule has 0 saturated heterocycles. The maximum atomic E-state index is 13.5. The number of aromatic nitrogens is 1. The molecule has 0 aliphatic carbocycles. The third-order valence-corrected chi connectivity index (χ3v) is 6.51. The summed E-state index contributed by atoms with van der Waals surface area (Å²) in [6.45, 7) is 8.73. The van der Waals surface area contributed by atoms with E-state index in [1.54, 1.807) is 22.5 Å². The van der Waals surface area contributed by atoms with E-state index in [-0.39, 0.29) is 5.91 Å². The van der Waals surface area contributed by atoms with Crippen LogP contribution in [0.4, 0.5) is 5.13 Å². The van der Waals surface area contributed by atoms with Gasteiger partial charge < -0.3 is 4.42 Å². The molecule has 2 heterocycles. The van der Waals surface area contributed by atoms with Crippen molar-refractivity contribution in [1.29, 1.82) is 0 Å². The minimum absolute atomic E-state index is 0.0264. The van der Waals surface area contributed by atoms with Crippen LogP contribution in [0.2, 0.25) is 0 Å². The summed E-state index contributed by atoms with van der Waals surface area (Å²) in [7, 11) is 0. The smallest absolute Gasteiger partial charge is 0.233 e. The Morgan fingerprint density at radius 1 is 1.10 bits per heavy atom. The Morgan fingerprint density at radius 2 is 1.87 bits per heavy atom. The molecule has 0 unspecified atom stereocenters. The van der Waals surface area contributed by atoms with Gasteiger partial charge in [0.05, 0.1) is 29.4 Å². The number of amides is 1. The highest BCUT2D eigenvalue weighted by Crippen LogP contribution is 2.32. The fraction of sp³-hybridized carbons (Fsp3) is 0.280. The summed E-state index contributed by atoms with van der Waals surface area (Å²) in [5.74, 6) is 0.772. The van der Waals surface area contributed by atoms with E-state index in [1.807, 2.05) is 12.1 Å². The molecule has 4 aromatic rings. The summed E-state index contributed by atoms with van der Waals surface area (Å²) >= 11 is 1.56. The number of fused-ring (bicyclic) bond motifs is 1. The first kappa shape index (κ1) is 20.4. The average Bonchev–Trinajstić information content (AvgIpc) is 3.37. The van der Waals surface area contributed by atoms with Gasteiger partial charge in [0.2, 0.25) is 5.91 Å². The van der Waals surface area contributed by atoms with Crippen LogP contribution in [0.15, 0.2) is 53.1 Å². The molecule has 0 radical (unpaired) electrons. The third-order valence-electron chi connectivity index (χ3n) is 5.47. The second-order valence-electron chi connectivity index (χ2n) is 7.73. The van der Waals surface area contributed by atoms with Crippen molar-refractivity contribution in [3.05, 3.63) is 82.3 Å². The lowest BCUT2D eigenvalue weighted by molar-refractivity contribution is -0.118. The molecule has 0 spiro atoms. The van der Waals surface area contributed by atoms with Crippen LogP contribution in [0.1, 0.15) is 40.5 Å². The molecule has 5 heteroatoms. The lowest BCUT2D eigenvalue weighted by Gasteiger charge is -2.20. The average molecular weight is 419 g/mol. The van der Waals surface area contributed by atoms with Gasteiger partial charge in [-0.25, -0.2) is 4.98 Å². The number of aryl methyl sites for hydroxylation is 4. The van der Waals surface area contributed by atoms with Gasteiger partial charge in [-0.2, -0.15) is 0 Å². The molecule has 0 fully saturated rings. The quantitative estimate of drug-likeness (QED) is 0.377. The number of hydrogen-bond acceptors (Lipinski definition) is 4. The van der Waals surface area contributed by atoms with Crippen LogP contribution in [0, 0.1) is 20.8 Å². The highest BCUT2D eigenvalue weighted by molar-refractivity contribution is 7.22. The van der Waals surface area contributed by atoms with Gasteiger partial charge in [0.1, 0.15) is 5.76 Å². The Hall–Kier alpha value is -2.92. The predicted octanol–water partition coefficient (Wildman–Crippen LogP) is 6.15. The number of anilines is 1. The van der Waals surface area contributed by atoms with Crippen LogP contribution >= 0.6 is 11.3 Å². The number of rotatable bonds is 6. The molecule has 0 bridgehead atoms. The molecule has 0 aliphatic rings. The third kappa shape index (κ3) is 4.03. The fourth-order valence-corrected chi connectivity index (χ4v) is 4.98. The van der Waals surface area contributed by atoms with E-state index < -0.39 is 0 Å². The first-order valence-electron chi connectivity index (χ1n) is 10.2. The zero-order valence-corrected chi connectivity index (χ0v) is 18.7. The molecule has 1 amide bonds. The van der Waals surface area contributed by atoms with Crippen molar-refractivity contribution in [3.63, 3.8) is 0 Å². The molecule has 0 atom stereocenters. The van der Waals surface area contributed by atoms with Crippen molar-refractivity contribution in [1.82, 2.24) is 4.98 Å². The van der Waals surface area contributed by atoms with E-state index >= 15 is 0 Å². The summed E-state index contributed by atoms with van der Waals surface area (Å²) in [5, 5.41) is 0.717. The summed E-state index contributed by atoms with van der Waals surface area (Å²) in [6.07, 6.45) is 2.89. The van der Waals surface area contributed by atoms with Crippen molar-refractivity contribution >= 4 is 32.6 Å². The minimum atomic E-state index is 0.0264. The van der Waals surface area contributed by atoms with Gasteiger partial charge in [-0.05, 0) is 67.6 Å². The number of carbonyl (C=O) groups excluding carboxylic acids is 1. The zero-order valence-electron chi connectivity index (χ0n) is 17.9. The number of nitrogens with zero attached hydrogens (tertiary/aromatic N) is 2. The van der Waals surface area contributed by atoms with E-state index in [0.717, 1.165) is 44.2 Å². The molecule has 30 heavy (non-hydrogen) atoms. The lowest BCUT2D eigenvalue weighted by atomic mass is 9.97. The number of para-hydroxylation sites is 1. The Kier molecular flexibility index (Phi) is 5.73. The lowest BCUT2D eigenvalue weighted by Crippen LogP contribution is -2.32. The summed E-state index contributed by atoms with van der Waals surface area (Å²) in [5.41, 5.74) is 6.79. The molecule has 0 N–H and O–H groups in total. The van der Waals surface area contributed by atoms with E-state index in [2.05, 4.69) is 58.0 Å². The van der Waals surface area contributed by atoms with Crippen molar-refractivity contribution < 1.29 is 9.21 Å². The number of thiazole rings is 1. The molecule has 4 rings (SSSR count). The van der Waals surface area contributed by atoms with Gasteiger partial charge in [-0.3, -0.25) is 9.69 Å². The zero-order chi connectivity index (χ0) is 21.3. The normalized spacial score (nSPS) is 11.2. The molecular weight excluding hydrogens is 392 g/mol. The minimum Gasteiger partial charge on any atom is -0.467 e. The second kappa shape index (κ2) is 8.44. The summed E-state index contributed by atoms with van der Waals surface area (Å²) < 4.78 is 6.65. The first-order chi connectivity index (χ1) is 14.5. The number of furan rings is 1. The topological polar surface area (TPSA) is 46.3 Å². The molecule has 4 nitrogen and oxygen atoms in total. The van der Waals surface area contributed by atoms with Crippen LogP contribution in [0.3, 0.4) is 0 Å². The van der Waals surface area contributed by atoms with Crippen molar-refractivity contribution in [2.45, 2.75) is 47.1 Å². The van der Waals surface area contributed by atoms with Crippen molar-refractivity contribution in [2.75, 3.05) is 4.90 Å². The maximum absolute atomic E-state index is 13.5. The standard InChI is InChI=1S/C25H26N2O2S/c1-5-19-8-6-10-22-24(19)26-25(30-22)27(15-20-9-7-11-29-20)23(28)14-21-17(3)12-16(2)13-18(21)4/h6-13H,5,14-15H2,1-4H3. The Morgan fingerprint density at radius 3 is 2.53 bits per heavy atom. The van der Waals surface area contributed by atoms with Gasteiger partial charge in [0.25, 0.3) is 0 Å². The first-order valence-corrected chi connectivity index (χ1v) is 11.1. The van der Waals surface area contributed by atoms with E-state index in [9.17, 15) is 4.79 Å². The van der Waals surface area contributed by atoms with Gasteiger partial charge in [0.15, 0.2) is 5.13 Å². The predicted molar refractivity (Wildman–Crippen MR) is 123 cm³/mol. The van der Waals surface area contributed by atoms with Crippen LogP contribution in [-0.2, 0) is 24.2 Å². The molecule has 2 aromatic carbocycles. The van der Waals surface area contributed by atoms with Crippen molar-refractivity contribution in [2.24, 2.45) is 0 Å². The summed E-state index contributed by atoms with van der Waals surface area (Å²) in [6, 6.07) is 14.2. The number of carbonyl (C=O) groups is 1. The second-order valence-corrected chi connectivity index (χ2v) is 8.74. The Balaban J connectivity index is 1.72. The van der Waals surface area contributed by atoms with Gasteiger partial charge in [-0.1, -0.05) is 48.1 Å². The molecular formula is C25H26N2O2S. The highest BCUT2D eigenvalue weighted by Gasteiger charge is 2.23. The maximum Gasteiger partial charge on any atom is 0.233 e. The highest BCUT2D eigenvalue weighted by atomic mass is 32.1. The van der Waals surface area contributed by atoms with E-state index in [0.29, 0.717) is 13.0 Å². The van der Waals surface area contributed by atoms with Gasteiger partial charge in [-0.15, -0.1) is 0 Å². The molecule has 2 aromatic heterocycles. The Bertz CT molecular complexity index is 1170. The van der Waals surface area contributed by atoms with E-state index in [1.165, 1.54) is 11.1 Å². The Labute approximate surface area is 181 Å². The molecule has 154 valence electrons. The van der Waals surface area contributed by atoms with Crippen LogP contribution in [-0.4, -0.2) is 10.9 Å². The van der Waals surface area contributed by atoms with Crippen LogP contribution < -0.4 is 4.90 Å². The van der Waals surface area contributed by atoms with E-state index in [4.69, 9.17) is 9.40 Å².